The van der Waals surface area contributed by atoms with E-state index in [1.54, 1.807) is 5.54 Å². The van der Waals surface area contributed by atoms with E-state index in [1.165, 1.54) is 23.5 Å². The summed E-state index contributed by atoms with van der Waals surface area (Å²) in [6, 6.07) is 0. The number of allylic oxidation sites excluding steroid dienone is 1. The number of halogens is 1. The highest BCUT2D eigenvalue weighted by atomic mass is 35.5. The molecular weight excluding hydrogens is 188 g/mol. The van der Waals surface area contributed by atoms with Crippen molar-refractivity contribution < 1.29 is 0 Å². The molecule has 0 aromatic rings. The van der Waals surface area contributed by atoms with Gasteiger partial charge < -0.3 is 0 Å². The van der Waals surface area contributed by atoms with Gasteiger partial charge >= 0.3 is 0 Å². The number of unbranched alkanes of at least 4 members (excludes halogenated alkanes) is 1. The Hall–Kier alpha value is 0.380. The van der Waals surface area contributed by atoms with Gasteiger partial charge in [0, 0.05) is 10.4 Å². The minimum absolute atomic E-state index is 0.208. The van der Waals surface area contributed by atoms with Crippen LogP contribution in [0.15, 0.2) is 10.4 Å². The Kier molecular flexibility index (Phi) is 6.12. The highest BCUT2D eigenvalue weighted by Crippen LogP contribution is 2.35. The van der Waals surface area contributed by atoms with Crippen LogP contribution in [0.3, 0.4) is 0 Å². The molecular formula is C10H19ClS. The quantitative estimate of drug-likeness (QED) is 0.604. The van der Waals surface area contributed by atoms with Crippen molar-refractivity contribution in [3.05, 3.63) is 10.4 Å². The van der Waals surface area contributed by atoms with Crippen LogP contribution in [0.2, 0.25) is 0 Å². The van der Waals surface area contributed by atoms with Crippen LogP contribution in [0.4, 0.5) is 0 Å². The van der Waals surface area contributed by atoms with Crippen molar-refractivity contribution in [3.63, 3.8) is 0 Å². The Morgan fingerprint density at radius 3 is 2.33 bits per heavy atom. The maximum atomic E-state index is 5.75. The molecule has 0 aliphatic carbocycles. The molecule has 0 fully saturated rings. The van der Waals surface area contributed by atoms with Crippen molar-refractivity contribution in [2.24, 2.45) is 5.41 Å². The molecule has 0 heterocycles. The molecule has 12 heavy (non-hydrogen) atoms. The second-order valence-electron chi connectivity index (χ2n) is 3.93. The Balaban J connectivity index is 3.87. The molecule has 0 N–H and O–H groups in total. The van der Waals surface area contributed by atoms with Crippen LogP contribution >= 0.6 is 23.4 Å². The van der Waals surface area contributed by atoms with Gasteiger partial charge in [0.15, 0.2) is 0 Å². The molecule has 0 aromatic carbocycles. The number of thioether (sulfide) groups is 1. The number of hydrogen-bond donors (Lipinski definition) is 0. The normalized spacial score (nSPS) is 13.6. The smallest absolute Gasteiger partial charge is 0.0143 e. The Bertz CT molecular complexity index is 144. The van der Waals surface area contributed by atoms with Crippen molar-refractivity contribution in [1.29, 1.82) is 0 Å². The molecule has 0 nitrogen and oxygen atoms in total. The van der Waals surface area contributed by atoms with Gasteiger partial charge in [-0.25, -0.2) is 0 Å². The molecule has 0 unspecified atom stereocenters. The molecule has 0 radical (unpaired) electrons. The maximum Gasteiger partial charge on any atom is 0.0143 e. The van der Waals surface area contributed by atoms with Gasteiger partial charge in [0.25, 0.3) is 0 Å². The molecule has 72 valence electrons. The lowest BCUT2D eigenvalue weighted by Gasteiger charge is -2.21. The van der Waals surface area contributed by atoms with E-state index < -0.39 is 0 Å². The third-order valence-corrected chi connectivity index (χ3v) is 3.48. The fourth-order valence-electron chi connectivity index (χ4n) is 0.738. The molecule has 0 bridgehead atoms. The molecule has 0 atom stereocenters. The van der Waals surface area contributed by atoms with Crippen LogP contribution in [0.1, 0.15) is 40.5 Å². The van der Waals surface area contributed by atoms with Crippen LogP contribution in [0.25, 0.3) is 0 Å². The highest BCUT2D eigenvalue weighted by molar-refractivity contribution is 8.03. The molecule has 0 amide bonds. The van der Waals surface area contributed by atoms with Crippen LogP contribution in [-0.2, 0) is 0 Å². The molecule has 0 saturated heterocycles. The van der Waals surface area contributed by atoms with Gasteiger partial charge in [0.1, 0.15) is 0 Å². The number of rotatable bonds is 4. The van der Waals surface area contributed by atoms with Crippen molar-refractivity contribution in [3.8, 4) is 0 Å². The van der Waals surface area contributed by atoms with Crippen LogP contribution in [0, 0.1) is 5.41 Å². The van der Waals surface area contributed by atoms with E-state index in [4.69, 9.17) is 11.6 Å². The fourth-order valence-corrected chi connectivity index (χ4v) is 2.40. The van der Waals surface area contributed by atoms with Gasteiger partial charge in [0.2, 0.25) is 0 Å². The van der Waals surface area contributed by atoms with Gasteiger partial charge in [-0.2, -0.15) is 0 Å². The molecule has 0 aliphatic heterocycles. The topological polar surface area (TPSA) is 0 Å². The minimum Gasteiger partial charge on any atom is -0.129 e. The summed E-state index contributed by atoms with van der Waals surface area (Å²) < 4.78 is 0. The van der Waals surface area contributed by atoms with Crippen molar-refractivity contribution in [2.75, 3.05) is 5.75 Å². The zero-order valence-corrected chi connectivity index (χ0v) is 10.1. The summed E-state index contributed by atoms with van der Waals surface area (Å²) in [4.78, 5) is 1.29. The van der Waals surface area contributed by atoms with Crippen molar-refractivity contribution >= 4 is 23.4 Å². The summed E-state index contributed by atoms with van der Waals surface area (Å²) in [6.45, 7) is 8.79. The average Bonchev–Trinajstić information content (AvgIpc) is 1.95. The van der Waals surface area contributed by atoms with E-state index in [9.17, 15) is 0 Å². The summed E-state index contributed by atoms with van der Waals surface area (Å²) >= 11 is 7.63. The van der Waals surface area contributed by atoms with E-state index in [0.29, 0.717) is 0 Å². The van der Waals surface area contributed by atoms with E-state index in [2.05, 4.69) is 27.7 Å². The first kappa shape index (κ1) is 12.4. The minimum atomic E-state index is 0.208. The van der Waals surface area contributed by atoms with E-state index in [1.807, 2.05) is 11.8 Å². The van der Waals surface area contributed by atoms with Crippen LogP contribution in [-0.4, -0.2) is 5.75 Å². The lowest BCUT2D eigenvalue weighted by Crippen LogP contribution is -2.06. The lowest BCUT2D eigenvalue weighted by atomic mass is 9.97. The van der Waals surface area contributed by atoms with Crippen molar-refractivity contribution in [2.45, 2.75) is 40.5 Å². The largest absolute Gasteiger partial charge is 0.129 e. The van der Waals surface area contributed by atoms with Gasteiger partial charge in [0.05, 0.1) is 0 Å². The zero-order chi connectivity index (χ0) is 9.61. The molecule has 0 rings (SSSR count). The van der Waals surface area contributed by atoms with Crippen LogP contribution < -0.4 is 0 Å². The fraction of sp³-hybridized carbons (Fsp3) is 0.800. The van der Waals surface area contributed by atoms with Crippen molar-refractivity contribution in [1.82, 2.24) is 0 Å². The average molecular weight is 207 g/mol. The molecule has 0 aromatic heterocycles. The summed E-state index contributed by atoms with van der Waals surface area (Å²) in [5, 5.41) is 0. The predicted octanol–water partition coefficient (Wildman–Crippen LogP) is 4.65. The summed E-state index contributed by atoms with van der Waals surface area (Å²) in [6.07, 6.45) is 2.53. The summed E-state index contributed by atoms with van der Waals surface area (Å²) in [5.74, 6) is 1.19. The molecule has 2 heteroatoms. The Morgan fingerprint density at radius 2 is 2.00 bits per heavy atom. The first-order valence-corrected chi connectivity index (χ1v) is 5.88. The standard InChI is InChI=1S/C10H19ClS/c1-5-6-7-12-9(8-11)10(2,3)4/h8H,5-7H2,1-4H3/b9-8+. The van der Waals surface area contributed by atoms with Gasteiger partial charge in [-0.3, -0.25) is 0 Å². The second-order valence-corrected chi connectivity index (χ2v) is 5.28. The maximum absolute atomic E-state index is 5.75. The highest BCUT2D eigenvalue weighted by Gasteiger charge is 2.16. The zero-order valence-electron chi connectivity index (χ0n) is 8.48. The lowest BCUT2D eigenvalue weighted by molar-refractivity contribution is 0.534. The molecule has 0 aliphatic rings. The summed E-state index contributed by atoms with van der Waals surface area (Å²) in [5.41, 5.74) is 1.93. The van der Waals surface area contributed by atoms with Crippen LogP contribution in [0.5, 0.6) is 0 Å². The summed E-state index contributed by atoms with van der Waals surface area (Å²) in [7, 11) is 0. The Morgan fingerprint density at radius 1 is 1.42 bits per heavy atom. The van der Waals surface area contributed by atoms with Gasteiger partial charge in [-0.15, -0.1) is 11.8 Å². The third kappa shape index (κ3) is 5.10. The number of hydrogen-bond acceptors (Lipinski definition) is 1. The van der Waals surface area contributed by atoms with Gasteiger partial charge in [-0.05, 0) is 17.6 Å². The molecule has 0 saturated carbocycles. The monoisotopic (exact) mass is 206 g/mol. The van der Waals surface area contributed by atoms with Gasteiger partial charge in [-0.1, -0.05) is 45.7 Å². The van der Waals surface area contributed by atoms with E-state index >= 15 is 0 Å². The Labute approximate surface area is 85.8 Å². The van der Waals surface area contributed by atoms with E-state index in [0.717, 1.165) is 0 Å². The third-order valence-electron chi connectivity index (χ3n) is 1.59. The molecule has 0 spiro atoms. The SMILES string of the molecule is CCCCS/C(=C/Cl)C(C)(C)C. The second kappa shape index (κ2) is 5.93. The first-order chi connectivity index (χ1) is 5.52. The van der Waals surface area contributed by atoms with E-state index in [-0.39, 0.29) is 5.41 Å². The predicted molar refractivity (Wildman–Crippen MR) is 60.8 cm³/mol. The first-order valence-electron chi connectivity index (χ1n) is 4.46.